The SMILES string of the molecule is NC(=NS)NC(=O)C=S. The third kappa shape index (κ3) is 3.92. The Kier molecular flexibility index (Phi) is 3.98. The van der Waals surface area contributed by atoms with E-state index in [4.69, 9.17) is 5.73 Å². The Bertz CT molecular complexity index is 155. The van der Waals surface area contributed by atoms with Crippen LogP contribution >= 0.6 is 25.0 Å². The number of carbonyl (C=O) groups excluding carboxylic acids is 1. The molecule has 0 spiro atoms. The molecule has 6 heteroatoms. The number of hydrogen-bond donors (Lipinski definition) is 3. The van der Waals surface area contributed by atoms with Crippen LogP contribution in [0.1, 0.15) is 0 Å². The molecule has 0 saturated heterocycles. The second-order valence-electron chi connectivity index (χ2n) is 1.09. The maximum Gasteiger partial charge on any atom is 0.261 e. The first kappa shape index (κ1) is 8.38. The van der Waals surface area contributed by atoms with Gasteiger partial charge in [0.25, 0.3) is 5.91 Å². The first-order valence-corrected chi connectivity index (χ1v) is 2.81. The van der Waals surface area contributed by atoms with Crippen LogP contribution in [0, 0.1) is 0 Å². The van der Waals surface area contributed by atoms with Gasteiger partial charge in [0.1, 0.15) is 0 Å². The number of guanidine groups is 1. The fraction of sp³-hybridized carbons (Fsp3) is 0. The van der Waals surface area contributed by atoms with E-state index in [2.05, 4.69) is 34.7 Å². The number of nitrogens with two attached hydrogens (primary N) is 1. The van der Waals surface area contributed by atoms with Gasteiger partial charge < -0.3 is 5.73 Å². The lowest BCUT2D eigenvalue weighted by Crippen LogP contribution is -2.36. The van der Waals surface area contributed by atoms with Gasteiger partial charge in [-0.1, -0.05) is 12.2 Å². The zero-order chi connectivity index (χ0) is 7.28. The van der Waals surface area contributed by atoms with Gasteiger partial charge in [-0.3, -0.25) is 10.1 Å². The van der Waals surface area contributed by atoms with Gasteiger partial charge in [-0.2, -0.15) is 4.40 Å². The van der Waals surface area contributed by atoms with E-state index in [-0.39, 0.29) is 5.96 Å². The van der Waals surface area contributed by atoms with Crippen LogP contribution in [0.3, 0.4) is 0 Å². The van der Waals surface area contributed by atoms with E-state index in [1.807, 2.05) is 0 Å². The Balaban J connectivity index is 3.74. The van der Waals surface area contributed by atoms with Gasteiger partial charge in [-0.25, -0.2) is 0 Å². The summed E-state index contributed by atoms with van der Waals surface area (Å²) in [6.07, 6.45) is 0. The first-order chi connectivity index (χ1) is 4.20. The summed E-state index contributed by atoms with van der Waals surface area (Å²) in [6.45, 7) is 0. The molecular formula is C3H5N3OS2. The van der Waals surface area contributed by atoms with Crippen molar-refractivity contribution >= 4 is 42.3 Å². The molecule has 3 N–H and O–H groups in total. The highest BCUT2D eigenvalue weighted by molar-refractivity contribution is 7.80. The Labute approximate surface area is 63.1 Å². The summed E-state index contributed by atoms with van der Waals surface area (Å²) < 4.78 is 3.17. The molecular weight excluding hydrogens is 158 g/mol. The highest BCUT2D eigenvalue weighted by Gasteiger charge is 1.94. The van der Waals surface area contributed by atoms with Gasteiger partial charge in [-0.15, -0.1) is 0 Å². The lowest BCUT2D eigenvalue weighted by atomic mass is 10.7. The molecule has 0 aromatic carbocycles. The lowest BCUT2D eigenvalue weighted by molar-refractivity contribution is -0.112. The number of thiol groups is 1. The van der Waals surface area contributed by atoms with Crippen molar-refractivity contribution in [2.75, 3.05) is 0 Å². The van der Waals surface area contributed by atoms with Crippen molar-refractivity contribution < 1.29 is 4.79 Å². The third-order valence-electron chi connectivity index (χ3n) is 0.466. The van der Waals surface area contributed by atoms with Crippen LogP contribution in [-0.4, -0.2) is 17.2 Å². The Hall–Kier alpha value is -0.620. The Morgan fingerprint density at radius 2 is 2.44 bits per heavy atom. The molecule has 0 aromatic rings. The minimum Gasteiger partial charge on any atom is -0.369 e. The zero-order valence-corrected chi connectivity index (χ0v) is 6.08. The molecule has 0 unspecified atom stereocenters. The van der Waals surface area contributed by atoms with E-state index in [9.17, 15) is 4.79 Å². The van der Waals surface area contributed by atoms with Crippen LogP contribution in [-0.2, 0) is 4.79 Å². The van der Waals surface area contributed by atoms with Crippen LogP contribution in [0.5, 0.6) is 0 Å². The molecule has 9 heavy (non-hydrogen) atoms. The number of carbonyl (C=O) groups is 1. The number of thiocarbonyl (C=S) groups is 1. The summed E-state index contributed by atoms with van der Waals surface area (Å²) in [7, 11) is 0. The second-order valence-corrected chi connectivity index (χ2v) is 1.53. The van der Waals surface area contributed by atoms with E-state index in [1.165, 1.54) is 0 Å². The van der Waals surface area contributed by atoms with Crippen molar-refractivity contribution in [2.24, 2.45) is 10.1 Å². The molecule has 0 rings (SSSR count). The molecule has 0 aliphatic heterocycles. The van der Waals surface area contributed by atoms with Gasteiger partial charge in [0.15, 0.2) is 0 Å². The van der Waals surface area contributed by atoms with Crippen LogP contribution in [0.25, 0.3) is 0 Å². The van der Waals surface area contributed by atoms with E-state index in [0.29, 0.717) is 0 Å². The topological polar surface area (TPSA) is 67.5 Å². The standard InChI is InChI=1S/C3H5N3OS2/c4-3(6-9)5-2(7)1-8/h1,9H,(H3,4,5,6,7). The molecule has 0 aliphatic rings. The van der Waals surface area contributed by atoms with Crippen molar-refractivity contribution in [3.63, 3.8) is 0 Å². The summed E-state index contributed by atoms with van der Waals surface area (Å²) in [6, 6.07) is 0. The van der Waals surface area contributed by atoms with Crippen LogP contribution in [0.2, 0.25) is 0 Å². The van der Waals surface area contributed by atoms with E-state index < -0.39 is 5.91 Å². The van der Waals surface area contributed by atoms with Gasteiger partial charge >= 0.3 is 0 Å². The van der Waals surface area contributed by atoms with Crippen molar-refractivity contribution in [1.29, 1.82) is 0 Å². The van der Waals surface area contributed by atoms with E-state index in [0.717, 1.165) is 5.37 Å². The summed E-state index contributed by atoms with van der Waals surface area (Å²) >= 11 is 7.70. The van der Waals surface area contributed by atoms with Gasteiger partial charge in [-0.05, 0) is 12.8 Å². The molecule has 0 atom stereocenters. The molecule has 0 radical (unpaired) electrons. The van der Waals surface area contributed by atoms with Crippen molar-refractivity contribution in [1.82, 2.24) is 5.32 Å². The number of hydrogen-bond acceptors (Lipinski definition) is 4. The normalized spacial score (nSPS) is 10.6. The molecule has 0 bridgehead atoms. The molecule has 1 amide bonds. The van der Waals surface area contributed by atoms with Crippen LogP contribution < -0.4 is 11.1 Å². The second kappa shape index (κ2) is 4.28. The predicted octanol–water partition coefficient (Wildman–Crippen LogP) is -0.738. The van der Waals surface area contributed by atoms with Crippen molar-refractivity contribution in [3.8, 4) is 0 Å². The quantitative estimate of drug-likeness (QED) is 0.206. The molecule has 0 aromatic heterocycles. The molecule has 0 fully saturated rings. The summed E-state index contributed by atoms with van der Waals surface area (Å²) in [5.74, 6) is -0.537. The fourth-order valence-electron chi connectivity index (χ4n) is 0.181. The average molecular weight is 163 g/mol. The molecule has 0 saturated carbocycles. The van der Waals surface area contributed by atoms with E-state index in [1.54, 1.807) is 0 Å². The molecule has 4 nitrogen and oxygen atoms in total. The molecule has 50 valence electrons. The summed E-state index contributed by atoms with van der Waals surface area (Å²) in [4.78, 5) is 10.3. The maximum absolute atomic E-state index is 10.3. The minimum absolute atomic E-state index is 0.0653. The number of nitrogens with zero attached hydrogens (tertiary/aromatic N) is 1. The number of nitrogens with one attached hydrogen (secondary N) is 1. The average Bonchev–Trinajstić information content (AvgIpc) is 1.87. The highest BCUT2D eigenvalue weighted by Crippen LogP contribution is 1.70. The van der Waals surface area contributed by atoms with Gasteiger partial charge in [0.05, 0.1) is 5.37 Å². The minimum atomic E-state index is -0.472. The Morgan fingerprint density at radius 3 is 2.78 bits per heavy atom. The number of amides is 1. The van der Waals surface area contributed by atoms with Crippen LogP contribution in [0.15, 0.2) is 4.40 Å². The van der Waals surface area contributed by atoms with Crippen molar-refractivity contribution in [2.45, 2.75) is 0 Å². The van der Waals surface area contributed by atoms with Gasteiger partial charge in [0.2, 0.25) is 5.96 Å². The lowest BCUT2D eigenvalue weighted by Gasteiger charge is -1.94. The molecule has 0 aliphatic carbocycles. The maximum atomic E-state index is 10.3. The van der Waals surface area contributed by atoms with Crippen LogP contribution in [0.4, 0.5) is 0 Å². The monoisotopic (exact) mass is 163 g/mol. The third-order valence-corrected chi connectivity index (χ3v) is 0.896. The largest absolute Gasteiger partial charge is 0.369 e. The Morgan fingerprint density at radius 1 is 1.89 bits per heavy atom. The smallest absolute Gasteiger partial charge is 0.261 e. The number of rotatable bonds is 1. The first-order valence-electron chi connectivity index (χ1n) is 1.94. The predicted molar refractivity (Wildman–Crippen MR) is 42.4 cm³/mol. The summed E-state index contributed by atoms with van der Waals surface area (Å²) in [5.41, 5.74) is 5.02. The van der Waals surface area contributed by atoms with E-state index >= 15 is 0 Å². The highest BCUT2D eigenvalue weighted by atomic mass is 32.1. The fourth-order valence-corrected chi connectivity index (χ4v) is 0.290. The van der Waals surface area contributed by atoms with Gasteiger partial charge in [0, 0.05) is 0 Å². The molecule has 0 heterocycles. The zero-order valence-electron chi connectivity index (χ0n) is 4.37. The van der Waals surface area contributed by atoms with Crippen molar-refractivity contribution in [3.05, 3.63) is 0 Å². The summed E-state index contributed by atoms with van der Waals surface area (Å²) in [5, 5.41) is 3.05.